The molecule has 0 heterocycles. The van der Waals surface area contributed by atoms with Gasteiger partial charge in [-0.3, -0.25) is 4.79 Å². The predicted molar refractivity (Wildman–Crippen MR) is 122 cm³/mol. The summed E-state index contributed by atoms with van der Waals surface area (Å²) in [5.74, 6) is 2.57. The molecule has 0 amide bonds. The number of hydrogen-bond acceptors (Lipinski definition) is 4. The molecule has 4 nitrogen and oxygen atoms in total. The second-order valence-electron chi connectivity index (χ2n) is 12.8. The molecule has 0 spiro atoms. The molecule has 4 aliphatic carbocycles. The molecule has 4 heteroatoms. The van der Waals surface area contributed by atoms with Gasteiger partial charge in [-0.15, -0.1) is 0 Å². The Morgan fingerprint density at radius 1 is 0.968 bits per heavy atom. The van der Waals surface area contributed by atoms with Gasteiger partial charge < -0.3 is 15.3 Å². The fraction of sp³-hybridized carbons (Fsp3) is 0.963. The van der Waals surface area contributed by atoms with Crippen LogP contribution in [0.4, 0.5) is 0 Å². The first-order chi connectivity index (χ1) is 14.5. The highest BCUT2D eigenvalue weighted by atomic mass is 16.3. The molecule has 0 saturated heterocycles. The van der Waals surface area contributed by atoms with E-state index in [1.807, 2.05) is 0 Å². The summed E-state index contributed by atoms with van der Waals surface area (Å²) in [5.41, 5.74) is 0.0752. The molecule has 0 aromatic rings. The summed E-state index contributed by atoms with van der Waals surface area (Å²) < 4.78 is 0. The molecule has 0 aliphatic heterocycles. The van der Waals surface area contributed by atoms with Crippen molar-refractivity contribution in [2.24, 2.45) is 52.3 Å². The number of ketones is 1. The molecular weight excluding hydrogens is 388 g/mol. The Kier molecular flexibility index (Phi) is 6.42. The number of fused-ring (bicyclic) bond motifs is 5. The van der Waals surface area contributed by atoms with Gasteiger partial charge in [0.1, 0.15) is 5.78 Å². The first kappa shape index (κ1) is 23.7. The third-order valence-corrected chi connectivity index (χ3v) is 10.9. The van der Waals surface area contributed by atoms with Gasteiger partial charge in [-0.05, 0) is 97.7 Å². The SMILES string of the molecule is CC(C)C(O)CC[C@@H](C)[C@H]1CC(=O)[C@H]2[C@@H]3CC(O)[C@H]4CC(O)CC[C@]4(C)[C@H]3CC[C@]12C. The number of aliphatic hydroxyl groups excluding tert-OH is 3. The normalized spacial score (nSPS) is 49.3. The van der Waals surface area contributed by atoms with Crippen molar-refractivity contribution in [1.29, 1.82) is 0 Å². The average molecular weight is 435 g/mol. The molecule has 3 unspecified atom stereocenters. The molecule has 3 N–H and O–H groups in total. The minimum Gasteiger partial charge on any atom is -0.393 e. The number of aliphatic hydroxyl groups is 3. The van der Waals surface area contributed by atoms with Crippen LogP contribution in [0.1, 0.15) is 92.4 Å². The smallest absolute Gasteiger partial charge is 0.137 e. The van der Waals surface area contributed by atoms with Crippen LogP contribution in [0, 0.1) is 52.3 Å². The highest BCUT2D eigenvalue weighted by Crippen LogP contribution is 2.67. The van der Waals surface area contributed by atoms with Gasteiger partial charge in [-0.1, -0.05) is 34.6 Å². The Balaban J connectivity index is 1.54. The van der Waals surface area contributed by atoms with Crippen molar-refractivity contribution in [3.05, 3.63) is 0 Å². The van der Waals surface area contributed by atoms with Gasteiger partial charge in [0.05, 0.1) is 18.3 Å². The zero-order chi connectivity index (χ0) is 22.7. The lowest BCUT2D eigenvalue weighted by Crippen LogP contribution is -2.59. The van der Waals surface area contributed by atoms with Crippen LogP contribution in [0.3, 0.4) is 0 Å². The Labute approximate surface area is 189 Å². The molecule has 31 heavy (non-hydrogen) atoms. The Morgan fingerprint density at radius 3 is 2.32 bits per heavy atom. The first-order valence-electron chi connectivity index (χ1n) is 13.1. The van der Waals surface area contributed by atoms with E-state index in [1.54, 1.807) is 0 Å². The third-order valence-electron chi connectivity index (χ3n) is 10.9. The summed E-state index contributed by atoms with van der Waals surface area (Å²) in [6.07, 6.45) is 7.05. The van der Waals surface area contributed by atoms with E-state index in [0.717, 1.165) is 44.9 Å². The summed E-state index contributed by atoms with van der Waals surface area (Å²) in [6, 6.07) is 0. The van der Waals surface area contributed by atoms with Crippen LogP contribution in [-0.2, 0) is 4.79 Å². The fourth-order valence-electron chi connectivity index (χ4n) is 8.94. The maximum atomic E-state index is 13.5. The minimum absolute atomic E-state index is 0.0253. The van der Waals surface area contributed by atoms with E-state index in [1.165, 1.54) is 0 Å². The molecule has 4 saturated carbocycles. The molecule has 0 aromatic heterocycles. The van der Waals surface area contributed by atoms with E-state index >= 15 is 0 Å². The lowest BCUT2D eigenvalue weighted by molar-refractivity contribution is -0.175. The van der Waals surface area contributed by atoms with Crippen LogP contribution in [0.25, 0.3) is 0 Å². The van der Waals surface area contributed by atoms with Crippen molar-refractivity contribution in [3.8, 4) is 0 Å². The average Bonchev–Trinajstić information content (AvgIpc) is 2.98. The Hall–Kier alpha value is -0.450. The van der Waals surface area contributed by atoms with E-state index < -0.39 is 6.10 Å². The summed E-state index contributed by atoms with van der Waals surface area (Å²) in [6.45, 7) is 11.1. The second kappa shape index (κ2) is 8.40. The highest BCUT2D eigenvalue weighted by molar-refractivity contribution is 5.85. The number of carbonyl (C=O) groups excluding carboxylic acids is 1. The van der Waals surface area contributed by atoms with Crippen LogP contribution in [-0.4, -0.2) is 39.4 Å². The van der Waals surface area contributed by atoms with Crippen molar-refractivity contribution in [2.75, 3.05) is 0 Å². The van der Waals surface area contributed by atoms with E-state index in [9.17, 15) is 20.1 Å². The van der Waals surface area contributed by atoms with Crippen LogP contribution >= 0.6 is 0 Å². The van der Waals surface area contributed by atoms with Gasteiger partial charge in [-0.25, -0.2) is 0 Å². The second-order valence-corrected chi connectivity index (χ2v) is 12.8. The summed E-state index contributed by atoms with van der Waals surface area (Å²) in [4.78, 5) is 13.5. The Bertz CT molecular complexity index is 676. The maximum Gasteiger partial charge on any atom is 0.137 e. The molecule has 178 valence electrons. The van der Waals surface area contributed by atoms with E-state index in [2.05, 4.69) is 34.6 Å². The van der Waals surface area contributed by atoms with Crippen molar-refractivity contribution < 1.29 is 20.1 Å². The van der Waals surface area contributed by atoms with E-state index in [0.29, 0.717) is 36.4 Å². The van der Waals surface area contributed by atoms with Crippen LogP contribution in [0.2, 0.25) is 0 Å². The minimum atomic E-state index is -0.394. The quantitative estimate of drug-likeness (QED) is 0.591. The zero-order valence-electron chi connectivity index (χ0n) is 20.4. The first-order valence-corrected chi connectivity index (χ1v) is 13.1. The largest absolute Gasteiger partial charge is 0.393 e. The Morgan fingerprint density at radius 2 is 1.65 bits per heavy atom. The van der Waals surface area contributed by atoms with Crippen molar-refractivity contribution in [1.82, 2.24) is 0 Å². The van der Waals surface area contributed by atoms with E-state index in [-0.39, 0.29) is 46.7 Å². The van der Waals surface area contributed by atoms with Gasteiger partial charge >= 0.3 is 0 Å². The highest BCUT2D eigenvalue weighted by Gasteiger charge is 2.64. The molecule has 0 bridgehead atoms. The van der Waals surface area contributed by atoms with E-state index in [4.69, 9.17) is 0 Å². The molecule has 0 radical (unpaired) electrons. The topological polar surface area (TPSA) is 77.8 Å². The van der Waals surface area contributed by atoms with Crippen LogP contribution in [0.5, 0.6) is 0 Å². The lowest BCUT2D eigenvalue weighted by Gasteiger charge is -2.61. The predicted octanol–water partition coefficient (Wildman–Crippen LogP) is 4.59. The monoisotopic (exact) mass is 434 g/mol. The molecule has 4 fully saturated rings. The zero-order valence-corrected chi connectivity index (χ0v) is 20.4. The summed E-state index contributed by atoms with van der Waals surface area (Å²) in [5, 5.41) is 31.7. The fourth-order valence-corrected chi connectivity index (χ4v) is 8.94. The van der Waals surface area contributed by atoms with Crippen molar-refractivity contribution in [3.63, 3.8) is 0 Å². The van der Waals surface area contributed by atoms with Crippen molar-refractivity contribution >= 4 is 5.78 Å². The molecule has 0 aromatic carbocycles. The lowest BCUT2D eigenvalue weighted by atomic mass is 9.43. The van der Waals surface area contributed by atoms with Crippen molar-refractivity contribution in [2.45, 2.75) is 111 Å². The summed E-state index contributed by atoms with van der Waals surface area (Å²) in [7, 11) is 0. The number of rotatable bonds is 5. The molecular formula is C27H46O4. The van der Waals surface area contributed by atoms with Gasteiger partial charge in [0.2, 0.25) is 0 Å². The third kappa shape index (κ3) is 3.83. The van der Waals surface area contributed by atoms with Crippen LogP contribution in [0.15, 0.2) is 0 Å². The number of hydrogen-bond donors (Lipinski definition) is 3. The molecule has 4 rings (SSSR count). The maximum absolute atomic E-state index is 13.5. The van der Waals surface area contributed by atoms with Crippen LogP contribution < -0.4 is 0 Å². The van der Waals surface area contributed by atoms with Gasteiger partial charge in [-0.2, -0.15) is 0 Å². The standard InChI is InChI=1S/C27H46O4/c1-15(2)22(29)7-6-16(3)20-14-24(31)25-18-13-23(30)21-12-17(28)8-10-26(21,4)19(18)9-11-27(20,25)5/h15-23,25,28-30H,6-14H2,1-5H3/t16-,17?,18-,19+,20-,21-,22?,23?,25-,26-,27-/m1/s1. The van der Waals surface area contributed by atoms with Gasteiger partial charge in [0.25, 0.3) is 0 Å². The number of carbonyl (C=O) groups is 1. The van der Waals surface area contributed by atoms with Gasteiger partial charge in [0.15, 0.2) is 0 Å². The molecule has 4 aliphatic rings. The molecule has 11 atom stereocenters. The number of Topliss-reactive ketones (excluding diaryl/α,β-unsaturated/α-hetero) is 1. The summed E-state index contributed by atoms with van der Waals surface area (Å²) >= 11 is 0. The van der Waals surface area contributed by atoms with Gasteiger partial charge in [0, 0.05) is 12.3 Å².